The van der Waals surface area contributed by atoms with Crippen molar-refractivity contribution in [2.24, 2.45) is 5.92 Å². The van der Waals surface area contributed by atoms with Crippen LogP contribution in [0.1, 0.15) is 18.5 Å². The highest BCUT2D eigenvalue weighted by molar-refractivity contribution is 7.13. The van der Waals surface area contributed by atoms with Gasteiger partial charge in [-0.25, -0.2) is 4.98 Å². The first-order valence-corrected chi connectivity index (χ1v) is 7.54. The van der Waals surface area contributed by atoms with Gasteiger partial charge in [0.15, 0.2) is 5.13 Å². The fourth-order valence-corrected chi connectivity index (χ4v) is 2.52. The average molecular weight is 302 g/mol. The molecule has 0 spiro atoms. The van der Waals surface area contributed by atoms with E-state index in [0.29, 0.717) is 16.5 Å². The molecule has 0 aromatic carbocycles. The molecule has 3 rings (SSSR count). The number of nitrogens with one attached hydrogen (secondary N) is 2. The van der Waals surface area contributed by atoms with Gasteiger partial charge in [-0.15, -0.1) is 11.3 Å². The van der Waals surface area contributed by atoms with Crippen LogP contribution in [0.2, 0.25) is 0 Å². The molecule has 1 saturated carbocycles. The number of aromatic nitrogens is 2. The van der Waals surface area contributed by atoms with Crippen LogP contribution < -0.4 is 10.6 Å². The lowest BCUT2D eigenvalue weighted by atomic mass is 10.3. The van der Waals surface area contributed by atoms with Crippen LogP contribution in [0.5, 0.6) is 0 Å². The Morgan fingerprint density at radius 3 is 2.90 bits per heavy atom. The maximum absolute atomic E-state index is 11.9. The largest absolute Gasteiger partial charge is 0.324 e. The van der Waals surface area contributed by atoms with E-state index in [-0.39, 0.29) is 24.2 Å². The maximum atomic E-state index is 11.9. The Balaban J connectivity index is 1.54. The van der Waals surface area contributed by atoms with E-state index in [0.717, 1.165) is 12.8 Å². The van der Waals surface area contributed by atoms with Gasteiger partial charge >= 0.3 is 0 Å². The molecule has 2 N–H and O–H groups in total. The summed E-state index contributed by atoms with van der Waals surface area (Å²) in [6.07, 6.45) is 5.31. The number of hydrogen-bond donors (Lipinski definition) is 2. The fourth-order valence-electron chi connectivity index (χ4n) is 1.80. The Morgan fingerprint density at radius 2 is 2.19 bits per heavy atom. The van der Waals surface area contributed by atoms with Gasteiger partial charge in [0.25, 0.3) is 0 Å². The van der Waals surface area contributed by atoms with Crippen molar-refractivity contribution < 1.29 is 9.59 Å². The molecule has 0 aliphatic heterocycles. The quantitative estimate of drug-likeness (QED) is 0.885. The summed E-state index contributed by atoms with van der Waals surface area (Å²) in [6.45, 7) is 0. The number of carbonyl (C=O) groups excluding carboxylic acids is 2. The zero-order chi connectivity index (χ0) is 14.7. The summed E-state index contributed by atoms with van der Waals surface area (Å²) >= 11 is 1.34. The molecule has 7 heteroatoms. The second kappa shape index (κ2) is 6.01. The third kappa shape index (κ3) is 3.85. The lowest BCUT2D eigenvalue weighted by molar-refractivity contribution is -0.117. The van der Waals surface area contributed by atoms with Crippen LogP contribution in [-0.2, 0) is 16.0 Å². The Bertz CT molecular complexity index is 652. The summed E-state index contributed by atoms with van der Waals surface area (Å²) < 4.78 is 0. The van der Waals surface area contributed by atoms with Gasteiger partial charge in [0.2, 0.25) is 11.8 Å². The van der Waals surface area contributed by atoms with E-state index in [1.165, 1.54) is 11.3 Å². The number of rotatable bonds is 5. The molecule has 21 heavy (non-hydrogen) atoms. The smallest absolute Gasteiger partial charge is 0.230 e. The van der Waals surface area contributed by atoms with Crippen LogP contribution in [0.3, 0.4) is 0 Å². The van der Waals surface area contributed by atoms with E-state index in [9.17, 15) is 9.59 Å². The van der Waals surface area contributed by atoms with Crippen LogP contribution in [0.4, 0.5) is 10.8 Å². The molecule has 0 bridgehead atoms. The van der Waals surface area contributed by atoms with E-state index >= 15 is 0 Å². The van der Waals surface area contributed by atoms with Gasteiger partial charge in [0.1, 0.15) is 0 Å². The van der Waals surface area contributed by atoms with Crippen LogP contribution in [0, 0.1) is 5.92 Å². The number of amides is 2. The van der Waals surface area contributed by atoms with Crippen molar-refractivity contribution in [1.29, 1.82) is 0 Å². The molecule has 0 saturated heterocycles. The predicted octanol–water partition coefficient (Wildman–Crippen LogP) is 2.07. The second-order valence-electron chi connectivity index (χ2n) is 4.87. The van der Waals surface area contributed by atoms with E-state index in [4.69, 9.17) is 0 Å². The molecule has 0 radical (unpaired) electrons. The van der Waals surface area contributed by atoms with Gasteiger partial charge in [-0.1, -0.05) is 0 Å². The summed E-state index contributed by atoms with van der Waals surface area (Å²) in [5, 5.41) is 7.85. The number of thiazole rings is 1. The van der Waals surface area contributed by atoms with E-state index < -0.39 is 0 Å². The topological polar surface area (TPSA) is 84.0 Å². The molecule has 1 aliphatic rings. The fraction of sp³-hybridized carbons (Fsp3) is 0.286. The maximum Gasteiger partial charge on any atom is 0.230 e. The minimum atomic E-state index is -0.159. The standard InChI is InChI=1S/C14H14N4O2S/c19-12(16-10-2-1-5-15-7-10)6-11-8-21-14(17-11)18-13(20)9-3-4-9/h1-2,5,7-9H,3-4,6H2,(H,16,19)(H,17,18,20). The van der Waals surface area contributed by atoms with E-state index in [1.54, 1.807) is 29.9 Å². The van der Waals surface area contributed by atoms with Crippen molar-refractivity contribution in [2.45, 2.75) is 19.3 Å². The van der Waals surface area contributed by atoms with Crippen molar-refractivity contribution >= 4 is 34.0 Å². The molecular weight excluding hydrogens is 288 g/mol. The molecule has 2 heterocycles. The summed E-state index contributed by atoms with van der Waals surface area (Å²) in [7, 11) is 0. The lowest BCUT2D eigenvalue weighted by Crippen LogP contribution is -2.15. The van der Waals surface area contributed by atoms with Gasteiger partial charge < -0.3 is 10.6 Å². The molecule has 0 unspecified atom stereocenters. The normalized spacial score (nSPS) is 13.7. The SMILES string of the molecule is O=C(Cc1csc(NC(=O)C2CC2)n1)Nc1cccnc1. The highest BCUT2D eigenvalue weighted by Gasteiger charge is 2.30. The zero-order valence-electron chi connectivity index (χ0n) is 11.2. The van der Waals surface area contributed by atoms with Gasteiger partial charge in [0, 0.05) is 17.5 Å². The molecular formula is C14H14N4O2S. The van der Waals surface area contributed by atoms with Gasteiger partial charge in [-0.05, 0) is 25.0 Å². The van der Waals surface area contributed by atoms with Gasteiger partial charge in [0.05, 0.1) is 24.0 Å². The second-order valence-corrected chi connectivity index (χ2v) is 5.73. The molecule has 2 aromatic heterocycles. The van der Waals surface area contributed by atoms with E-state index in [2.05, 4.69) is 20.6 Å². The first-order valence-electron chi connectivity index (χ1n) is 6.66. The number of hydrogen-bond acceptors (Lipinski definition) is 5. The molecule has 0 atom stereocenters. The van der Waals surface area contributed by atoms with Gasteiger partial charge in [-0.2, -0.15) is 0 Å². The van der Waals surface area contributed by atoms with E-state index in [1.807, 2.05) is 0 Å². The van der Waals surface area contributed by atoms with Crippen LogP contribution >= 0.6 is 11.3 Å². The predicted molar refractivity (Wildman–Crippen MR) is 80.0 cm³/mol. The first-order chi connectivity index (χ1) is 10.2. The summed E-state index contributed by atoms with van der Waals surface area (Å²) in [6, 6.07) is 3.53. The Morgan fingerprint density at radius 1 is 1.33 bits per heavy atom. The average Bonchev–Trinajstić information content (AvgIpc) is 3.23. The molecule has 108 valence electrons. The Hall–Kier alpha value is -2.28. The highest BCUT2D eigenvalue weighted by Crippen LogP contribution is 2.30. The van der Waals surface area contributed by atoms with Crippen molar-refractivity contribution in [1.82, 2.24) is 9.97 Å². The first kappa shape index (κ1) is 13.7. The van der Waals surface area contributed by atoms with Crippen molar-refractivity contribution in [2.75, 3.05) is 10.6 Å². The molecule has 1 fully saturated rings. The zero-order valence-corrected chi connectivity index (χ0v) is 12.0. The summed E-state index contributed by atoms with van der Waals surface area (Å²) in [5.74, 6) is 0.00955. The summed E-state index contributed by atoms with van der Waals surface area (Å²) in [4.78, 5) is 31.7. The third-order valence-electron chi connectivity index (χ3n) is 3.02. The van der Waals surface area contributed by atoms with Crippen LogP contribution in [-0.4, -0.2) is 21.8 Å². The Labute approximate surface area is 125 Å². The molecule has 2 amide bonds. The van der Waals surface area contributed by atoms with Crippen LogP contribution in [0.25, 0.3) is 0 Å². The van der Waals surface area contributed by atoms with Crippen molar-refractivity contribution in [3.05, 3.63) is 35.6 Å². The monoisotopic (exact) mass is 302 g/mol. The molecule has 6 nitrogen and oxygen atoms in total. The highest BCUT2D eigenvalue weighted by atomic mass is 32.1. The molecule has 2 aromatic rings. The Kier molecular flexibility index (Phi) is 3.92. The molecule has 1 aliphatic carbocycles. The summed E-state index contributed by atoms with van der Waals surface area (Å²) in [5.41, 5.74) is 1.30. The number of pyridine rings is 1. The third-order valence-corrected chi connectivity index (χ3v) is 3.82. The minimum Gasteiger partial charge on any atom is -0.324 e. The number of anilines is 2. The minimum absolute atomic E-state index is 0.0238. The number of nitrogens with zero attached hydrogens (tertiary/aromatic N) is 2. The van der Waals surface area contributed by atoms with Crippen molar-refractivity contribution in [3.63, 3.8) is 0 Å². The van der Waals surface area contributed by atoms with Crippen LogP contribution in [0.15, 0.2) is 29.9 Å². The number of carbonyl (C=O) groups is 2. The van der Waals surface area contributed by atoms with Crippen molar-refractivity contribution in [3.8, 4) is 0 Å². The van der Waals surface area contributed by atoms with Gasteiger partial charge in [-0.3, -0.25) is 14.6 Å². The lowest BCUT2D eigenvalue weighted by Gasteiger charge is -2.02.